The van der Waals surface area contributed by atoms with Gasteiger partial charge in [0.1, 0.15) is 5.75 Å². The number of nitrogens with zero attached hydrogens (tertiary/aromatic N) is 2. The maximum absolute atomic E-state index is 12.9. The first kappa shape index (κ1) is 22.1. The molecule has 4 nitrogen and oxygen atoms in total. The summed E-state index contributed by atoms with van der Waals surface area (Å²) in [5.41, 5.74) is 6.27. The molecule has 1 saturated heterocycles. The fourth-order valence-electron chi connectivity index (χ4n) is 4.54. The summed E-state index contributed by atoms with van der Waals surface area (Å²) in [6, 6.07) is 25.4. The molecule has 1 atom stereocenters. The van der Waals surface area contributed by atoms with Crippen molar-refractivity contribution >= 4 is 5.91 Å². The smallest absolute Gasteiger partial charge is 0.227 e. The van der Waals surface area contributed by atoms with E-state index in [0.29, 0.717) is 6.42 Å². The Hall–Kier alpha value is -3.11. The van der Waals surface area contributed by atoms with Crippen LogP contribution < -0.4 is 4.74 Å². The van der Waals surface area contributed by atoms with E-state index >= 15 is 0 Å². The molecule has 1 aliphatic heterocycles. The Morgan fingerprint density at radius 2 is 1.59 bits per heavy atom. The zero-order valence-electron chi connectivity index (χ0n) is 19.3. The lowest BCUT2D eigenvalue weighted by atomic mass is 9.92. The van der Waals surface area contributed by atoms with Crippen molar-refractivity contribution in [3.63, 3.8) is 0 Å². The van der Waals surface area contributed by atoms with Crippen molar-refractivity contribution in [3.05, 3.63) is 101 Å². The van der Waals surface area contributed by atoms with Crippen molar-refractivity contribution in [2.45, 2.75) is 26.3 Å². The number of methoxy groups -OCH3 is 1. The fourth-order valence-corrected chi connectivity index (χ4v) is 4.54. The molecule has 4 heteroatoms. The van der Waals surface area contributed by atoms with Gasteiger partial charge < -0.3 is 9.64 Å². The molecule has 3 aromatic rings. The van der Waals surface area contributed by atoms with E-state index in [4.69, 9.17) is 4.74 Å². The fraction of sp³-hybridized carbons (Fsp3) is 0.321. The predicted molar refractivity (Wildman–Crippen MR) is 129 cm³/mol. The molecule has 166 valence electrons. The number of amides is 1. The molecule has 0 N–H and O–H groups in total. The molecule has 0 radical (unpaired) electrons. The summed E-state index contributed by atoms with van der Waals surface area (Å²) in [4.78, 5) is 17.4. The van der Waals surface area contributed by atoms with Gasteiger partial charge in [-0.05, 0) is 48.2 Å². The maximum atomic E-state index is 12.9. The van der Waals surface area contributed by atoms with Crippen LogP contribution in [0.3, 0.4) is 0 Å². The van der Waals surface area contributed by atoms with E-state index in [1.165, 1.54) is 22.3 Å². The minimum atomic E-state index is 0.192. The number of carbonyl (C=O) groups is 1. The third kappa shape index (κ3) is 5.03. The largest absolute Gasteiger partial charge is 0.497 e. The Balaban J connectivity index is 1.47. The van der Waals surface area contributed by atoms with Crippen LogP contribution in [-0.4, -0.2) is 49.0 Å². The van der Waals surface area contributed by atoms with E-state index in [0.717, 1.165) is 37.5 Å². The standard InChI is InChI=1S/C28H32N2O2/c1-21-9-10-22(2)26(19-21)28(24-7-5-4-6-8-24)30-17-15-29(16-18-30)27(31)20-23-11-13-25(32-3)14-12-23/h4-14,19,28H,15-18,20H2,1-3H3/t28-/m1/s1. The molecular formula is C28H32N2O2. The lowest BCUT2D eigenvalue weighted by Gasteiger charge is -2.40. The number of carbonyl (C=O) groups excluding carboxylic acids is 1. The Morgan fingerprint density at radius 3 is 2.25 bits per heavy atom. The lowest BCUT2D eigenvalue weighted by molar-refractivity contribution is -0.132. The lowest BCUT2D eigenvalue weighted by Crippen LogP contribution is -2.50. The highest BCUT2D eigenvalue weighted by Gasteiger charge is 2.29. The van der Waals surface area contributed by atoms with Crippen molar-refractivity contribution in [3.8, 4) is 5.75 Å². The molecule has 1 fully saturated rings. The van der Waals surface area contributed by atoms with Gasteiger partial charge in [0, 0.05) is 26.2 Å². The molecule has 3 aromatic carbocycles. The van der Waals surface area contributed by atoms with Crippen molar-refractivity contribution in [2.75, 3.05) is 33.3 Å². The molecule has 1 heterocycles. The minimum Gasteiger partial charge on any atom is -0.497 e. The van der Waals surface area contributed by atoms with Gasteiger partial charge in [-0.15, -0.1) is 0 Å². The quantitative estimate of drug-likeness (QED) is 0.566. The van der Waals surface area contributed by atoms with Crippen molar-refractivity contribution in [1.29, 1.82) is 0 Å². The topological polar surface area (TPSA) is 32.8 Å². The number of hydrogen-bond acceptors (Lipinski definition) is 3. The predicted octanol–water partition coefficient (Wildman–Crippen LogP) is 4.79. The molecule has 0 aliphatic carbocycles. The van der Waals surface area contributed by atoms with Crippen molar-refractivity contribution in [1.82, 2.24) is 9.80 Å². The van der Waals surface area contributed by atoms with Crippen LogP contribution in [-0.2, 0) is 11.2 Å². The Labute approximate surface area is 191 Å². The highest BCUT2D eigenvalue weighted by molar-refractivity contribution is 5.79. The monoisotopic (exact) mass is 428 g/mol. The van der Waals surface area contributed by atoms with E-state index in [2.05, 4.69) is 67.3 Å². The van der Waals surface area contributed by atoms with Gasteiger partial charge in [-0.3, -0.25) is 9.69 Å². The van der Waals surface area contributed by atoms with Gasteiger partial charge in [0.15, 0.2) is 0 Å². The highest BCUT2D eigenvalue weighted by atomic mass is 16.5. The summed E-state index contributed by atoms with van der Waals surface area (Å²) < 4.78 is 5.21. The normalized spacial score (nSPS) is 15.4. The average Bonchev–Trinajstić information content (AvgIpc) is 2.83. The van der Waals surface area contributed by atoms with Gasteiger partial charge in [0.25, 0.3) is 0 Å². The summed E-state index contributed by atoms with van der Waals surface area (Å²) in [6.45, 7) is 7.58. The third-order valence-corrected chi connectivity index (χ3v) is 6.39. The highest BCUT2D eigenvalue weighted by Crippen LogP contribution is 2.32. The van der Waals surface area contributed by atoms with E-state index < -0.39 is 0 Å². The molecule has 0 aromatic heterocycles. The molecule has 32 heavy (non-hydrogen) atoms. The van der Waals surface area contributed by atoms with Gasteiger partial charge in [-0.25, -0.2) is 0 Å². The third-order valence-electron chi connectivity index (χ3n) is 6.39. The van der Waals surface area contributed by atoms with Gasteiger partial charge in [-0.1, -0.05) is 66.2 Å². The molecule has 4 rings (SSSR count). The second-order valence-electron chi connectivity index (χ2n) is 8.61. The number of ether oxygens (including phenoxy) is 1. The molecule has 0 spiro atoms. The molecule has 0 bridgehead atoms. The van der Waals surface area contributed by atoms with Gasteiger partial charge >= 0.3 is 0 Å². The Bertz CT molecular complexity index is 1040. The zero-order chi connectivity index (χ0) is 22.5. The maximum Gasteiger partial charge on any atom is 0.227 e. The first-order valence-electron chi connectivity index (χ1n) is 11.3. The molecule has 0 saturated carbocycles. The van der Waals surface area contributed by atoms with Crippen molar-refractivity contribution in [2.24, 2.45) is 0 Å². The van der Waals surface area contributed by atoms with Crippen LogP contribution >= 0.6 is 0 Å². The first-order valence-corrected chi connectivity index (χ1v) is 11.3. The summed E-state index contributed by atoms with van der Waals surface area (Å²) in [5.74, 6) is 1.01. The van der Waals surface area contributed by atoms with Gasteiger partial charge in [0.2, 0.25) is 5.91 Å². The van der Waals surface area contributed by atoms with Crippen LogP contribution in [0.4, 0.5) is 0 Å². The summed E-state index contributed by atoms with van der Waals surface area (Å²) in [7, 11) is 1.65. The Morgan fingerprint density at radius 1 is 0.906 bits per heavy atom. The number of benzene rings is 3. The first-order chi connectivity index (χ1) is 15.5. The number of hydrogen-bond donors (Lipinski definition) is 0. The van der Waals surface area contributed by atoms with Gasteiger partial charge in [-0.2, -0.15) is 0 Å². The molecule has 0 unspecified atom stereocenters. The van der Waals surface area contributed by atoms with Crippen LogP contribution in [0.15, 0.2) is 72.8 Å². The summed E-state index contributed by atoms with van der Waals surface area (Å²) in [5, 5.41) is 0. The second-order valence-corrected chi connectivity index (χ2v) is 8.61. The number of rotatable bonds is 6. The van der Waals surface area contributed by atoms with E-state index in [1.807, 2.05) is 29.2 Å². The summed E-state index contributed by atoms with van der Waals surface area (Å²) >= 11 is 0. The van der Waals surface area contributed by atoms with Crippen LogP contribution in [0, 0.1) is 13.8 Å². The van der Waals surface area contributed by atoms with E-state index in [1.54, 1.807) is 7.11 Å². The molecular weight excluding hydrogens is 396 g/mol. The Kier molecular flexibility index (Phi) is 6.91. The zero-order valence-corrected chi connectivity index (χ0v) is 19.3. The van der Waals surface area contributed by atoms with Crippen LogP contribution in [0.25, 0.3) is 0 Å². The average molecular weight is 429 g/mol. The van der Waals surface area contributed by atoms with E-state index in [-0.39, 0.29) is 11.9 Å². The van der Waals surface area contributed by atoms with E-state index in [9.17, 15) is 4.79 Å². The minimum absolute atomic E-state index is 0.192. The second kappa shape index (κ2) is 10.0. The summed E-state index contributed by atoms with van der Waals surface area (Å²) in [6.07, 6.45) is 0.434. The van der Waals surface area contributed by atoms with Crippen LogP contribution in [0.1, 0.15) is 33.9 Å². The van der Waals surface area contributed by atoms with Gasteiger partial charge in [0.05, 0.1) is 19.6 Å². The molecule has 1 aliphatic rings. The SMILES string of the molecule is COc1ccc(CC(=O)N2CCN([C@H](c3ccccc3)c3cc(C)ccc3C)CC2)cc1. The number of piperazine rings is 1. The van der Waals surface area contributed by atoms with Crippen molar-refractivity contribution < 1.29 is 9.53 Å². The molecule has 1 amide bonds. The number of aryl methyl sites for hydroxylation is 2. The van der Waals surface area contributed by atoms with Crippen LogP contribution in [0.2, 0.25) is 0 Å². The van der Waals surface area contributed by atoms with Crippen LogP contribution in [0.5, 0.6) is 5.75 Å².